The number of likely N-dealkylation sites (tertiary alicyclic amines) is 1. The minimum atomic E-state index is 0.0281. The van der Waals surface area contributed by atoms with Crippen molar-refractivity contribution in [2.45, 2.75) is 25.8 Å². The van der Waals surface area contributed by atoms with Gasteiger partial charge in [-0.1, -0.05) is 23.8 Å². The maximum Gasteiger partial charge on any atom is 0.247 e. The third kappa shape index (κ3) is 3.60. The second kappa shape index (κ2) is 7.53. The maximum absolute atomic E-state index is 12.9. The summed E-state index contributed by atoms with van der Waals surface area (Å²) in [5, 5.41) is 1.03. The predicted octanol–water partition coefficient (Wildman–Crippen LogP) is 4.99. The predicted molar refractivity (Wildman–Crippen MR) is 110 cm³/mol. The lowest BCUT2D eigenvalue weighted by molar-refractivity contribution is -0.126. The molecule has 1 aromatic heterocycles. The lowest BCUT2D eigenvalue weighted by Crippen LogP contribution is -2.28. The molecule has 0 aliphatic carbocycles. The van der Waals surface area contributed by atoms with Gasteiger partial charge in [0.15, 0.2) is 0 Å². The van der Waals surface area contributed by atoms with Crippen LogP contribution in [0.15, 0.2) is 48.5 Å². The Labute approximate surface area is 163 Å². The minimum absolute atomic E-state index is 0.0281. The summed E-state index contributed by atoms with van der Waals surface area (Å²) < 4.78 is 6.57. The lowest BCUT2D eigenvalue weighted by atomic mass is 10.1. The normalized spacial score (nSPS) is 17.1. The van der Waals surface area contributed by atoms with E-state index in [2.05, 4.69) is 6.07 Å². The van der Waals surface area contributed by atoms with Crippen LogP contribution < -0.4 is 4.74 Å². The van der Waals surface area contributed by atoms with Crippen molar-refractivity contribution in [3.63, 3.8) is 0 Å². The molecule has 1 unspecified atom stereocenters. The molecule has 1 atom stereocenters. The molecule has 2 aromatic carbocycles. The topological polar surface area (TPSA) is 42.4 Å². The monoisotopic (exact) mass is 378 g/mol. The molecular formula is C22H22N2O2S. The summed E-state index contributed by atoms with van der Waals surface area (Å²) >= 11 is 1.69. The van der Waals surface area contributed by atoms with Crippen LogP contribution in [0.3, 0.4) is 0 Å². The number of para-hydroxylation sites is 1. The Balaban J connectivity index is 1.56. The van der Waals surface area contributed by atoms with Crippen molar-refractivity contribution < 1.29 is 9.53 Å². The summed E-state index contributed by atoms with van der Waals surface area (Å²) in [7, 11) is 1.65. The van der Waals surface area contributed by atoms with Gasteiger partial charge in [0.1, 0.15) is 10.8 Å². The van der Waals surface area contributed by atoms with Crippen molar-refractivity contribution in [1.82, 2.24) is 9.88 Å². The molecule has 1 aliphatic rings. The van der Waals surface area contributed by atoms with E-state index in [1.165, 1.54) is 4.70 Å². The molecule has 138 valence electrons. The molecule has 3 aromatic rings. The van der Waals surface area contributed by atoms with E-state index in [1.54, 1.807) is 24.5 Å². The summed E-state index contributed by atoms with van der Waals surface area (Å²) in [5.74, 6) is 0.800. The largest absolute Gasteiger partial charge is 0.496 e. The average molecular weight is 378 g/mol. The number of aromatic nitrogens is 1. The van der Waals surface area contributed by atoms with E-state index in [4.69, 9.17) is 9.72 Å². The number of fused-ring (bicyclic) bond motifs is 1. The summed E-state index contributed by atoms with van der Waals surface area (Å²) in [4.78, 5) is 19.6. The van der Waals surface area contributed by atoms with E-state index in [-0.39, 0.29) is 11.9 Å². The highest BCUT2D eigenvalue weighted by atomic mass is 32.1. The highest BCUT2D eigenvalue weighted by molar-refractivity contribution is 7.18. The Bertz CT molecular complexity index is 975. The number of ether oxygens (including phenoxy) is 1. The summed E-state index contributed by atoms with van der Waals surface area (Å²) in [5.41, 5.74) is 3.06. The summed E-state index contributed by atoms with van der Waals surface area (Å²) in [6.45, 7) is 2.80. The van der Waals surface area contributed by atoms with E-state index in [0.717, 1.165) is 46.8 Å². The Morgan fingerprint density at radius 3 is 2.96 bits per heavy atom. The second-order valence-electron chi connectivity index (χ2n) is 6.79. The molecule has 0 radical (unpaired) electrons. The van der Waals surface area contributed by atoms with Gasteiger partial charge in [-0.3, -0.25) is 4.79 Å². The standard InChI is InChI=1S/C22H22N2O2S/c1-15-9-11-19(26-2)16(14-15)10-12-21(25)24-13-5-7-18(24)22-23-17-6-3-4-8-20(17)27-22/h3-4,6,8-12,14,18H,5,7,13H2,1-2H3/b12-10+. The molecule has 5 heteroatoms. The fourth-order valence-corrected chi connectivity index (χ4v) is 4.68. The molecule has 0 spiro atoms. The van der Waals surface area contributed by atoms with Crippen LogP contribution in [0.2, 0.25) is 0 Å². The van der Waals surface area contributed by atoms with Crippen molar-refractivity contribution >= 4 is 33.5 Å². The number of amides is 1. The van der Waals surface area contributed by atoms with E-state index < -0.39 is 0 Å². The average Bonchev–Trinajstić information content (AvgIpc) is 3.32. The molecule has 0 N–H and O–H groups in total. The Hall–Kier alpha value is -2.66. The molecule has 1 saturated heterocycles. The van der Waals surface area contributed by atoms with Gasteiger partial charge in [0, 0.05) is 18.2 Å². The number of carbonyl (C=O) groups is 1. The zero-order chi connectivity index (χ0) is 18.8. The smallest absolute Gasteiger partial charge is 0.247 e. The number of methoxy groups -OCH3 is 1. The number of rotatable bonds is 4. The van der Waals surface area contributed by atoms with Crippen LogP contribution in [0, 0.1) is 6.92 Å². The van der Waals surface area contributed by atoms with Gasteiger partial charge in [0.2, 0.25) is 5.91 Å². The zero-order valence-electron chi connectivity index (χ0n) is 15.5. The molecule has 2 heterocycles. The fraction of sp³-hybridized carbons (Fsp3) is 0.273. The quantitative estimate of drug-likeness (QED) is 0.601. The fourth-order valence-electron chi connectivity index (χ4n) is 3.56. The van der Waals surface area contributed by atoms with Gasteiger partial charge >= 0.3 is 0 Å². The van der Waals surface area contributed by atoms with Crippen molar-refractivity contribution in [2.24, 2.45) is 0 Å². The van der Waals surface area contributed by atoms with Gasteiger partial charge in [0.05, 0.1) is 23.4 Å². The second-order valence-corrected chi connectivity index (χ2v) is 7.85. The lowest BCUT2D eigenvalue weighted by Gasteiger charge is -2.21. The van der Waals surface area contributed by atoms with E-state index >= 15 is 0 Å². The first-order valence-corrected chi connectivity index (χ1v) is 9.96. The first kappa shape index (κ1) is 17.7. The molecule has 1 amide bonds. The van der Waals surface area contributed by atoms with Crippen molar-refractivity contribution in [3.8, 4) is 5.75 Å². The van der Waals surface area contributed by atoms with E-state index in [1.807, 2.05) is 54.3 Å². The maximum atomic E-state index is 12.9. The highest BCUT2D eigenvalue weighted by Crippen LogP contribution is 2.36. The molecule has 1 aliphatic heterocycles. The molecule has 4 nitrogen and oxygen atoms in total. The van der Waals surface area contributed by atoms with Gasteiger partial charge in [-0.25, -0.2) is 4.98 Å². The number of carbonyl (C=O) groups excluding carboxylic acids is 1. The van der Waals surface area contributed by atoms with Gasteiger partial charge < -0.3 is 9.64 Å². The number of hydrogen-bond donors (Lipinski definition) is 0. The third-order valence-electron chi connectivity index (χ3n) is 4.92. The van der Waals surface area contributed by atoms with E-state index in [0.29, 0.717) is 0 Å². The number of thiazole rings is 1. The number of hydrogen-bond acceptors (Lipinski definition) is 4. The first-order chi connectivity index (χ1) is 13.2. The first-order valence-electron chi connectivity index (χ1n) is 9.14. The van der Waals surface area contributed by atoms with Gasteiger partial charge in [-0.05, 0) is 50.1 Å². The Morgan fingerprint density at radius 1 is 1.30 bits per heavy atom. The number of aryl methyl sites for hydroxylation is 1. The van der Waals surface area contributed by atoms with Crippen LogP contribution >= 0.6 is 11.3 Å². The number of nitrogens with zero attached hydrogens (tertiary/aromatic N) is 2. The molecular weight excluding hydrogens is 356 g/mol. The molecule has 27 heavy (non-hydrogen) atoms. The van der Waals surface area contributed by atoms with Crippen LogP contribution in [0.1, 0.15) is 35.0 Å². The van der Waals surface area contributed by atoms with E-state index in [9.17, 15) is 4.79 Å². The Kier molecular flexibility index (Phi) is 4.94. The van der Waals surface area contributed by atoms with Gasteiger partial charge in [-0.2, -0.15) is 0 Å². The third-order valence-corrected chi connectivity index (χ3v) is 6.06. The van der Waals surface area contributed by atoms with Crippen molar-refractivity contribution in [3.05, 3.63) is 64.7 Å². The Morgan fingerprint density at radius 2 is 2.15 bits per heavy atom. The minimum Gasteiger partial charge on any atom is -0.496 e. The van der Waals surface area contributed by atoms with Crippen LogP contribution in [0.5, 0.6) is 5.75 Å². The number of benzene rings is 2. The summed E-state index contributed by atoms with van der Waals surface area (Å²) in [6.07, 6.45) is 5.48. The highest BCUT2D eigenvalue weighted by Gasteiger charge is 2.31. The van der Waals surface area contributed by atoms with Crippen molar-refractivity contribution in [1.29, 1.82) is 0 Å². The molecule has 0 bridgehead atoms. The molecule has 1 fully saturated rings. The van der Waals surface area contributed by atoms with Crippen LogP contribution in [0.4, 0.5) is 0 Å². The van der Waals surface area contributed by atoms with Crippen LogP contribution in [-0.2, 0) is 4.79 Å². The molecule has 4 rings (SSSR count). The van der Waals surface area contributed by atoms with Crippen LogP contribution in [-0.4, -0.2) is 29.4 Å². The van der Waals surface area contributed by atoms with Crippen LogP contribution in [0.25, 0.3) is 16.3 Å². The SMILES string of the molecule is COc1ccc(C)cc1/C=C/C(=O)N1CCCC1c1nc2ccccc2s1. The van der Waals surface area contributed by atoms with Crippen molar-refractivity contribution in [2.75, 3.05) is 13.7 Å². The zero-order valence-corrected chi connectivity index (χ0v) is 16.3. The van der Waals surface area contributed by atoms with Gasteiger partial charge in [0.25, 0.3) is 0 Å². The van der Waals surface area contributed by atoms with Gasteiger partial charge in [-0.15, -0.1) is 11.3 Å². The molecule has 0 saturated carbocycles. The summed E-state index contributed by atoms with van der Waals surface area (Å²) in [6, 6.07) is 14.2.